The molecule has 4 aromatic rings. The third kappa shape index (κ3) is 4.91. The molecule has 0 saturated carbocycles. The molecule has 0 fully saturated rings. The van der Waals surface area contributed by atoms with Crippen LogP contribution in [0, 0.1) is 13.8 Å². The van der Waals surface area contributed by atoms with Crippen molar-refractivity contribution in [1.29, 1.82) is 0 Å². The van der Waals surface area contributed by atoms with Gasteiger partial charge in [-0.05, 0) is 72.9 Å². The Morgan fingerprint density at radius 3 is 2.56 bits per heavy atom. The molecule has 5 heteroatoms. The maximum Gasteiger partial charge on any atom is 0.148 e. The molecule has 166 valence electrons. The minimum absolute atomic E-state index is 0.389. The zero-order valence-corrected chi connectivity index (χ0v) is 19.8. The summed E-state index contributed by atoms with van der Waals surface area (Å²) in [5, 5.41) is 0.745. The van der Waals surface area contributed by atoms with Gasteiger partial charge in [0.25, 0.3) is 0 Å². The molecule has 0 spiro atoms. The molecule has 1 heterocycles. The van der Waals surface area contributed by atoms with Crippen LogP contribution in [-0.4, -0.2) is 16.2 Å². The Morgan fingerprint density at radius 1 is 0.969 bits per heavy atom. The van der Waals surface area contributed by atoms with Crippen LogP contribution in [0.2, 0.25) is 5.02 Å². The van der Waals surface area contributed by atoms with Gasteiger partial charge in [0.1, 0.15) is 30.5 Å². The van der Waals surface area contributed by atoms with Gasteiger partial charge in [-0.25, -0.2) is 4.98 Å². The lowest BCUT2D eigenvalue weighted by atomic mass is 10.0. The van der Waals surface area contributed by atoms with E-state index in [1.807, 2.05) is 43.3 Å². The Morgan fingerprint density at radius 2 is 1.78 bits per heavy atom. The van der Waals surface area contributed by atoms with Gasteiger partial charge in [0.15, 0.2) is 0 Å². The smallest absolute Gasteiger partial charge is 0.148 e. The minimum Gasteiger partial charge on any atom is -0.492 e. The molecule has 0 aliphatic heterocycles. The summed E-state index contributed by atoms with van der Waals surface area (Å²) in [5.41, 5.74) is 5.44. The summed E-state index contributed by atoms with van der Waals surface area (Å²) in [6, 6.07) is 20.3. The number of rotatable bonds is 8. The van der Waals surface area contributed by atoms with Crippen molar-refractivity contribution in [3.8, 4) is 11.5 Å². The molecule has 0 amide bonds. The predicted molar refractivity (Wildman–Crippen MR) is 131 cm³/mol. The lowest BCUT2D eigenvalue weighted by Crippen LogP contribution is -2.13. The lowest BCUT2D eigenvalue weighted by molar-refractivity contribution is 0.270. The second-order valence-electron chi connectivity index (χ2n) is 8.41. The first-order valence-electron chi connectivity index (χ1n) is 11.0. The van der Waals surface area contributed by atoms with Crippen LogP contribution in [0.3, 0.4) is 0 Å². The third-order valence-corrected chi connectivity index (χ3v) is 6.02. The van der Waals surface area contributed by atoms with Crippen molar-refractivity contribution in [3.05, 3.63) is 88.2 Å². The van der Waals surface area contributed by atoms with Crippen molar-refractivity contribution < 1.29 is 9.47 Å². The van der Waals surface area contributed by atoms with Crippen LogP contribution in [0.4, 0.5) is 0 Å². The van der Waals surface area contributed by atoms with Crippen molar-refractivity contribution >= 4 is 22.6 Å². The van der Waals surface area contributed by atoms with Gasteiger partial charge in [-0.3, -0.25) is 0 Å². The molecule has 4 nitrogen and oxygen atoms in total. The Balaban J connectivity index is 1.54. The van der Waals surface area contributed by atoms with Gasteiger partial charge in [-0.1, -0.05) is 49.7 Å². The van der Waals surface area contributed by atoms with Crippen LogP contribution in [0.1, 0.15) is 42.3 Å². The standard InChI is InChI=1S/C27H29ClN2O2/c1-18(2)22-11-9-19(3)15-26(22)32-17-27-29-24-7-5-6-8-25(24)30(27)13-14-31-21-10-12-23(28)20(4)16-21/h5-12,15-16,18H,13-14,17H2,1-4H3. The maximum atomic E-state index is 6.29. The van der Waals surface area contributed by atoms with E-state index in [-0.39, 0.29) is 0 Å². The molecule has 0 radical (unpaired) electrons. The molecule has 3 aromatic carbocycles. The molecule has 32 heavy (non-hydrogen) atoms. The number of halogens is 1. The highest BCUT2D eigenvalue weighted by molar-refractivity contribution is 6.31. The van der Waals surface area contributed by atoms with Crippen LogP contribution >= 0.6 is 11.6 Å². The van der Waals surface area contributed by atoms with E-state index in [9.17, 15) is 0 Å². The number of para-hydroxylation sites is 2. The van der Waals surface area contributed by atoms with Crippen molar-refractivity contribution in [2.75, 3.05) is 6.61 Å². The van der Waals surface area contributed by atoms with Gasteiger partial charge >= 0.3 is 0 Å². The fourth-order valence-electron chi connectivity index (χ4n) is 3.83. The van der Waals surface area contributed by atoms with Crippen LogP contribution in [0.5, 0.6) is 11.5 Å². The zero-order chi connectivity index (χ0) is 22.7. The summed E-state index contributed by atoms with van der Waals surface area (Å²) in [4.78, 5) is 4.84. The molecule has 0 unspecified atom stereocenters. The number of imidazole rings is 1. The first-order chi connectivity index (χ1) is 15.4. The van der Waals surface area contributed by atoms with Gasteiger partial charge in [0.05, 0.1) is 17.6 Å². The van der Waals surface area contributed by atoms with Crippen LogP contribution in [0.15, 0.2) is 60.7 Å². The summed E-state index contributed by atoms with van der Waals surface area (Å²) in [6.45, 7) is 10.0. The van der Waals surface area contributed by atoms with E-state index in [0.717, 1.165) is 38.9 Å². The predicted octanol–water partition coefficient (Wildman–Crippen LogP) is 7.09. The van der Waals surface area contributed by atoms with Crippen LogP contribution < -0.4 is 9.47 Å². The molecular formula is C27H29ClN2O2. The minimum atomic E-state index is 0.389. The number of fused-ring (bicyclic) bond motifs is 1. The molecule has 0 saturated heterocycles. The molecule has 1 aromatic heterocycles. The van der Waals surface area contributed by atoms with Gasteiger partial charge in [-0.15, -0.1) is 0 Å². The van der Waals surface area contributed by atoms with Crippen molar-refractivity contribution in [2.45, 2.75) is 46.8 Å². The normalized spacial score (nSPS) is 11.3. The average Bonchev–Trinajstić information content (AvgIpc) is 3.12. The monoisotopic (exact) mass is 448 g/mol. The zero-order valence-electron chi connectivity index (χ0n) is 19.1. The second kappa shape index (κ2) is 9.66. The molecule has 4 rings (SSSR count). The topological polar surface area (TPSA) is 36.3 Å². The van der Waals surface area contributed by atoms with Crippen LogP contribution in [0.25, 0.3) is 11.0 Å². The number of aromatic nitrogens is 2. The molecular weight excluding hydrogens is 420 g/mol. The summed E-state index contributed by atoms with van der Waals surface area (Å²) in [5.74, 6) is 3.01. The van der Waals surface area contributed by atoms with E-state index in [4.69, 9.17) is 26.1 Å². The highest BCUT2D eigenvalue weighted by atomic mass is 35.5. The SMILES string of the molecule is Cc1ccc(C(C)C)c(OCc2nc3ccccc3n2CCOc2ccc(Cl)c(C)c2)c1. The van der Waals surface area contributed by atoms with Gasteiger partial charge in [0, 0.05) is 5.02 Å². The summed E-state index contributed by atoms with van der Waals surface area (Å²) < 4.78 is 14.5. The largest absolute Gasteiger partial charge is 0.492 e. The van der Waals surface area contributed by atoms with E-state index in [1.165, 1.54) is 11.1 Å². The fourth-order valence-corrected chi connectivity index (χ4v) is 3.95. The molecule has 0 bridgehead atoms. The number of aryl methyl sites for hydroxylation is 2. The quantitative estimate of drug-likeness (QED) is 0.288. The van der Waals surface area contributed by atoms with Crippen molar-refractivity contribution in [2.24, 2.45) is 0 Å². The lowest BCUT2D eigenvalue weighted by Gasteiger charge is -2.16. The Kier molecular flexibility index (Phi) is 6.71. The summed E-state index contributed by atoms with van der Waals surface area (Å²) >= 11 is 6.13. The number of nitrogens with zero attached hydrogens (tertiary/aromatic N) is 2. The van der Waals surface area contributed by atoms with Gasteiger partial charge < -0.3 is 14.0 Å². The number of hydrogen-bond donors (Lipinski definition) is 0. The molecule has 0 aliphatic rings. The number of benzene rings is 3. The van der Waals surface area contributed by atoms with Gasteiger partial charge in [-0.2, -0.15) is 0 Å². The van der Waals surface area contributed by atoms with Crippen molar-refractivity contribution in [1.82, 2.24) is 9.55 Å². The van der Waals surface area contributed by atoms with E-state index in [0.29, 0.717) is 25.7 Å². The second-order valence-corrected chi connectivity index (χ2v) is 8.82. The fraction of sp³-hybridized carbons (Fsp3) is 0.296. The van der Waals surface area contributed by atoms with Gasteiger partial charge in [0.2, 0.25) is 0 Å². The summed E-state index contributed by atoms with van der Waals surface area (Å²) in [7, 11) is 0. The summed E-state index contributed by atoms with van der Waals surface area (Å²) in [6.07, 6.45) is 0. The average molecular weight is 449 g/mol. The first-order valence-corrected chi connectivity index (χ1v) is 11.4. The van der Waals surface area contributed by atoms with E-state index >= 15 is 0 Å². The van der Waals surface area contributed by atoms with Crippen molar-refractivity contribution in [3.63, 3.8) is 0 Å². The molecule has 0 atom stereocenters. The maximum absolute atomic E-state index is 6.29. The Hall–Kier alpha value is -2.98. The number of ether oxygens (including phenoxy) is 2. The highest BCUT2D eigenvalue weighted by Crippen LogP contribution is 2.29. The Bertz CT molecular complexity index is 1230. The highest BCUT2D eigenvalue weighted by Gasteiger charge is 2.14. The van der Waals surface area contributed by atoms with Crippen LogP contribution in [-0.2, 0) is 13.2 Å². The van der Waals surface area contributed by atoms with E-state index in [1.54, 1.807) is 0 Å². The first kappa shape index (κ1) is 22.2. The number of hydrogen-bond acceptors (Lipinski definition) is 3. The van der Waals surface area contributed by atoms with E-state index < -0.39 is 0 Å². The third-order valence-electron chi connectivity index (χ3n) is 5.59. The molecule has 0 N–H and O–H groups in total. The molecule has 0 aliphatic carbocycles. The Labute approximate surface area is 194 Å². The van der Waals surface area contributed by atoms with E-state index in [2.05, 4.69) is 49.6 Å².